The third-order valence-electron chi connectivity index (χ3n) is 1.64. The molecule has 0 heterocycles. The van der Waals surface area contributed by atoms with Gasteiger partial charge < -0.3 is 5.41 Å². The van der Waals surface area contributed by atoms with E-state index in [-0.39, 0.29) is 5.92 Å². The molecule has 0 saturated heterocycles. The average Bonchev–Trinajstić information content (AvgIpc) is 1.88. The predicted molar refractivity (Wildman–Crippen MR) is 50.8 cm³/mol. The minimum Gasteiger partial charge on any atom is -0.303 e. The highest BCUT2D eigenvalue weighted by atomic mass is 14.7. The molecule has 0 unspecified atom stereocenters. The second-order valence-electron chi connectivity index (χ2n) is 3.33. The van der Waals surface area contributed by atoms with E-state index in [0.29, 0.717) is 11.6 Å². The Kier molecular flexibility index (Phi) is 4.01. The third kappa shape index (κ3) is 2.83. The Morgan fingerprint density at radius 2 is 1.55 bits per heavy atom. The lowest BCUT2D eigenvalue weighted by Gasteiger charge is -2.13. The molecule has 1 N–H and O–H groups in total. The van der Waals surface area contributed by atoms with Gasteiger partial charge in [-0.05, 0) is 11.8 Å². The van der Waals surface area contributed by atoms with Gasteiger partial charge in [-0.3, -0.25) is 4.99 Å². The van der Waals surface area contributed by atoms with Crippen LogP contribution in [0.1, 0.15) is 27.7 Å². The molecule has 11 heavy (non-hydrogen) atoms. The second kappa shape index (κ2) is 4.27. The quantitative estimate of drug-likeness (QED) is 0.606. The van der Waals surface area contributed by atoms with E-state index in [4.69, 9.17) is 5.41 Å². The van der Waals surface area contributed by atoms with E-state index in [1.54, 1.807) is 7.05 Å². The first-order valence-corrected chi connectivity index (χ1v) is 4.06. The van der Waals surface area contributed by atoms with Crippen LogP contribution in [-0.4, -0.2) is 18.5 Å². The number of hydrogen-bond acceptors (Lipinski definition) is 2. The summed E-state index contributed by atoms with van der Waals surface area (Å²) in [6, 6.07) is 0. The van der Waals surface area contributed by atoms with Crippen molar-refractivity contribution in [2.45, 2.75) is 27.7 Å². The van der Waals surface area contributed by atoms with Gasteiger partial charge in [-0.2, -0.15) is 0 Å². The lowest BCUT2D eigenvalue weighted by Crippen LogP contribution is -2.23. The molecule has 0 radical (unpaired) electrons. The summed E-state index contributed by atoms with van der Waals surface area (Å²) >= 11 is 0. The number of hydrogen-bond donors (Lipinski definition) is 1. The molecule has 0 spiro atoms. The van der Waals surface area contributed by atoms with Crippen LogP contribution in [0, 0.1) is 17.2 Å². The van der Waals surface area contributed by atoms with E-state index >= 15 is 0 Å². The summed E-state index contributed by atoms with van der Waals surface area (Å²) in [5.74, 6) is 0.658. The van der Waals surface area contributed by atoms with E-state index in [9.17, 15) is 0 Å². The minimum atomic E-state index is 0.288. The Labute approximate surface area is 69.2 Å². The first-order valence-electron chi connectivity index (χ1n) is 4.06. The standard InChI is InChI=1S/C9H18N2/c1-6(2)8(10)9(11-5)7(3)4/h6-7,10H,1-5H3. The van der Waals surface area contributed by atoms with Crippen molar-refractivity contribution in [3.63, 3.8) is 0 Å². The summed E-state index contributed by atoms with van der Waals surface area (Å²) in [4.78, 5) is 4.10. The lowest BCUT2D eigenvalue weighted by molar-refractivity contribution is 0.848. The number of nitrogens with one attached hydrogen (secondary N) is 1. The Morgan fingerprint density at radius 3 is 1.64 bits per heavy atom. The first kappa shape index (κ1) is 10.3. The summed E-state index contributed by atoms with van der Waals surface area (Å²) < 4.78 is 0. The number of nitrogens with zero attached hydrogens (tertiary/aromatic N) is 1. The zero-order valence-electron chi connectivity index (χ0n) is 8.10. The molecule has 0 bridgehead atoms. The molecular weight excluding hydrogens is 136 g/mol. The van der Waals surface area contributed by atoms with Crippen LogP contribution in [0.4, 0.5) is 0 Å². The molecule has 0 amide bonds. The van der Waals surface area contributed by atoms with E-state index in [1.807, 2.05) is 13.8 Å². The van der Waals surface area contributed by atoms with Crippen molar-refractivity contribution in [2.24, 2.45) is 16.8 Å². The summed E-state index contributed by atoms with van der Waals surface area (Å²) in [7, 11) is 1.76. The van der Waals surface area contributed by atoms with Crippen LogP contribution in [0.3, 0.4) is 0 Å². The van der Waals surface area contributed by atoms with Crippen molar-refractivity contribution < 1.29 is 0 Å². The van der Waals surface area contributed by atoms with Crippen LogP contribution in [0.2, 0.25) is 0 Å². The fraction of sp³-hybridized carbons (Fsp3) is 0.778. The maximum Gasteiger partial charge on any atom is 0.0580 e. The molecule has 0 atom stereocenters. The lowest BCUT2D eigenvalue weighted by atomic mass is 9.96. The highest BCUT2D eigenvalue weighted by molar-refractivity contribution is 6.42. The Bertz CT molecular complexity index is 166. The van der Waals surface area contributed by atoms with Gasteiger partial charge in [0, 0.05) is 7.05 Å². The van der Waals surface area contributed by atoms with Gasteiger partial charge in [-0.25, -0.2) is 0 Å². The van der Waals surface area contributed by atoms with Crippen LogP contribution < -0.4 is 0 Å². The summed E-state index contributed by atoms with van der Waals surface area (Å²) in [6.07, 6.45) is 0. The highest BCUT2D eigenvalue weighted by Crippen LogP contribution is 2.05. The average molecular weight is 154 g/mol. The molecule has 0 aliphatic rings. The normalized spacial score (nSPS) is 12.8. The monoisotopic (exact) mass is 154 g/mol. The van der Waals surface area contributed by atoms with Crippen LogP contribution in [-0.2, 0) is 0 Å². The van der Waals surface area contributed by atoms with Crippen LogP contribution in [0.5, 0.6) is 0 Å². The Morgan fingerprint density at radius 1 is 1.09 bits per heavy atom. The van der Waals surface area contributed by atoms with Gasteiger partial charge in [0.15, 0.2) is 0 Å². The molecule has 0 aliphatic carbocycles. The summed E-state index contributed by atoms with van der Waals surface area (Å²) in [6.45, 7) is 8.18. The minimum absolute atomic E-state index is 0.288. The molecule has 2 nitrogen and oxygen atoms in total. The number of rotatable bonds is 3. The van der Waals surface area contributed by atoms with Crippen LogP contribution >= 0.6 is 0 Å². The van der Waals surface area contributed by atoms with Crippen molar-refractivity contribution in [1.82, 2.24) is 0 Å². The first-order chi connectivity index (χ1) is 5.00. The molecule has 64 valence electrons. The smallest absolute Gasteiger partial charge is 0.0580 e. The van der Waals surface area contributed by atoms with E-state index < -0.39 is 0 Å². The van der Waals surface area contributed by atoms with Gasteiger partial charge in [0.1, 0.15) is 0 Å². The van der Waals surface area contributed by atoms with Crippen molar-refractivity contribution in [3.05, 3.63) is 0 Å². The third-order valence-corrected chi connectivity index (χ3v) is 1.64. The van der Waals surface area contributed by atoms with Crippen molar-refractivity contribution in [1.29, 1.82) is 5.41 Å². The van der Waals surface area contributed by atoms with E-state index in [2.05, 4.69) is 18.8 Å². The Hall–Kier alpha value is -0.660. The predicted octanol–water partition coefficient (Wildman–Crippen LogP) is 2.39. The number of aliphatic imine (C=N–C) groups is 1. The molecule has 0 saturated carbocycles. The largest absolute Gasteiger partial charge is 0.303 e. The molecule has 0 fully saturated rings. The Balaban J connectivity index is 4.42. The van der Waals surface area contributed by atoms with Crippen molar-refractivity contribution >= 4 is 11.4 Å². The van der Waals surface area contributed by atoms with Crippen molar-refractivity contribution in [2.75, 3.05) is 7.05 Å². The molecule has 2 heteroatoms. The van der Waals surface area contributed by atoms with Crippen LogP contribution in [0.25, 0.3) is 0 Å². The van der Waals surface area contributed by atoms with Gasteiger partial charge in [0.25, 0.3) is 0 Å². The fourth-order valence-corrected chi connectivity index (χ4v) is 0.985. The fourth-order valence-electron chi connectivity index (χ4n) is 0.985. The van der Waals surface area contributed by atoms with Gasteiger partial charge in [-0.1, -0.05) is 27.7 Å². The van der Waals surface area contributed by atoms with E-state index in [0.717, 1.165) is 5.71 Å². The van der Waals surface area contributed by atoms with Gasteiger partial charge in [-0.15, -0.1) is 0 Å². The SMILES string of the molecule is CN=C(C(=N)C(C)C)C(C)C. The molecule has 0 aromatic carbocycles. The summed E-state index contributed by atoms with van der Waals surface area (Å²) in [5.41, 5.74) is 1.60. The van der Waals surface area contributed by atoms with Gasteiger partial charge >= 0.3 is 0 Å². The molecule has 0 aromatic heterocycles. The molecule has 0 rings (SSSR count). The van der Waals surface area contributed by atoms with Crippen molar-refractivity contribution in [3.8, 4) is 0 Å². The zero-order valence-corrected chi connectivity index (χ0v) is 8.10. The van der Waals surface area contributed by atoms with Crippen LogP contribution in [0.15, 0.2) is 4.99 Å². The maximum absolute atomic E-state index is 7.70. The zero-order chi connectivity index (χ0) is 9.02. The second-order valence-corrected chi connectivity index (χ2v) is 3.33. The molecular formula is C9H18N2. The topological polar surface area (TPSA) is 36.2 Å². The van der Waals surface area contributed by atoms with Gasteiger partial charge in [0.05, 0.1) is 11.4 Å². The molecule has 0 aliphatic heterocycles. The summed E-state index contributed by atoms with van der Waals surface area (Å²) in [5, 5.41) is 7.70. The van der Waals surface area contributed by atoms with E-state index in [1.165, 1.54) is 0 Å². The highest BCUT2D eigenvalue weighted by Gasteiger charge is 2.13. The maximum atomic E-state index is 7.70. The molecule has 0 aromatic rings. The van der Waals surface area contributed by atoms with Gasteiger partial charge in [0.2, 0.25) is 0 Å².